The number of rotatable bonds is 10. The van der Waals surface area contributed by atoms with Crippen LogP contribution in [0.2, 0.25) is 0 Å². The minimum Gasteiger partial charge on any atom is -0.492 e. The van der Waals surface area contributed by atoms with Crippen LogP contribution in [-0.2, 0) is 19.2 Å². The zero-order valence-corrected chi connectivity index (χ0v) is 23.8. The van der Waals surface area contributed by atoms with E-state index in [1.165, 1.54) is 16.7 Å². The minimum atomic E-state index is -1.39. The highest BCUT2D eigenvalue weighted by Crippen LogP contribution is 2.45. The summed E-state index contributed by atoms with van der Waals surface area (Å²) in [5.41, 5.74) is 3.70. The zero-order valence-electron chi connectivity index (χ0n) is 20.5. The monoisotopic (exact) mass is 629 g/mol. The van der Waals surface area contributed by atoms with Crippen LogP contribution in [0.15, 0.2) is 9.36 Å². The Labute approximate surface area is 242 Å². The fourth-order valence-corrected chi connectivity index (χ4v) is 8.69. The third-order valence-electron chi connectivity index (χ3n) is 6.69. The summed E-state index contributed by atoms with van der Waals surface area (Å²) in [4.78, 5) is 60.9. The van der Waals surface area contributed by atoms with Crippen LogP contribution in [-0.4, -0.2) is 99.0 Å². The van der Waals surface area contributed by atoms with Crippen LogP contribution in [0.3, 0.4) is 0 Å². The van der Waals surface area contributed by atoms with Crippen LogP contribution >= 0.6 is 46.6 Å². The molecule has 3 atom stereocenters. The molecule has 0 radical (unpaired) electrons. The number of aromatic carboxylic acids is 1. The number of nitrogen functional groups attached to an aromatic ring is 1. The maximum absolute atomic E-state index is 13.2. The van der Waals surface area contributed by atoms with Gasteiger partial charge in [-0.3, -0.25) is 14.4 Å². The molecule has 1 saturated carbocycles. The first-order chi connectivity index (χ1) is 19.1. The minimum absolute atomic E-state index is 0.0188. The topological polar surface area (TPSA) is 231 Å². The number of nitrogens with two attached hydrogens (primary N) is 1. The van der Waals surface area contributed by atoms with Crippen molar-refractivity contribution < 1.29 is 39.3 Å². The Morgan fingerprint density at radius 3 is 2.62 bits per heavy atom. The molecule has 3 fully saturated rings. The van der Waals surface area contributed by atoms with Gasteiger partial charge in [-0.25, -0.2) is 4.79 Å². The number of carbonyl (C=O) groups is 4. The second-order valence-electron chi connectivity index (χ2n) is 9.37. The average molecular weight is 630 g/mol. The SMILES string of the molecule is Nc1nc(C(=NOC2CCCC2)C(=O)NC2C(=O)N3CC(CSc4snc(O)c4C(=O)O)(C(=O)O)CS[C@H]23)ns1. The first kappa shape index (κ1) is 28.4. The maximum atomic E-state index is 13.2. The van der Waals surface area contributed by atoms with Crippen LogP contribution in [0, 0.1) is 5.41 Å². The molecule has 1 aliphatic carbocycles. The Balaban J connectivity index is 1.26. The van der Waals surface area contributed by atoms with Crippen molar-refractivity contribution in [2.75, 3.05) is 23.8 Å². The van der Waals surface area contributed by atoms with E-state index in [-0.39, 0.29) is 50.6 Å². The molecule has 0 aromatic carbocycles. The molecular weight excluding hydrogens is 607 g/mol. The number of oxime groups is 1. The lowest BCUT2D eigenvalue weighted by Crippen LogP contribution is -2.74. The van der Waals surface area contributed by atoms with Crippen molar-refractivity contribution in [1.29, 1.82) is 0 Å². The van der Waals surface area contributed by atoms with Gasteiger partial charge in [0.05, 0.1) is 4.21 Å². The molecule has 6 N–H and O–H groups in total. The van der Waals surface area contributed by atoms with E-state index < -0.39 is 46.5 Å². The average Bonchev–Trinajstić information content (AvgIpc) is 3.67. The lowest BCUT2D eigenvalue weighted by atomic mass is 9.89. The van der Waals surface area contributed by atoms with E-state index in [0.29, 0.717) is 0 Å². The number of thioether (sulfide) groups is 2. The van der Waals surface area contributed by atoms with Gasteiger partial charge < -0.3 is 36.1 Å². The summed E-state index contributed by atoms with van der Waals surface area (Å²) < 4.78 is 7.85. The summed E-state index contributed by atoms with van der Waals surface area (Å²) >= 11 is 3.79. The molecule has 40 heavy (non-hydrogen) atoms. The molecular formula is C21H23N7O8S4. The summed E-state index contributed by atoms with van der Waals surface area (Å²) in [7, 11) is 0. The highest BCUT2D eigenvalue weighted by Gasteiger charge is 2.57. The van der Waals surface area contributed by atoms with E-state index in [1.54, 1.807) is 0 Å². The molecule has 2 aliphatic heterocycles. The second-order valence-corrected chi connectivity index (χ2v) is 13.3. The van der Waals surface area contributed by atoms with Crippen molar-refractivity contribution in [2.45, 2.75) is 47.4 Å². The zero-order chi connectivity index (χ0) is 28.6. The van der Waals surface area contributed by atoms with Gasteiger partial charge in [-0.05, 0) is 37.2 Å². The third-order valence-corrected chi connectivity index (χ3v) is 11.2. The van der Waals surface area contributed by atoms with Gasteiger partial charge in [0.15, 0.2) is 5.13 Å². The number of carboxylic acid groups (broad SMARTS) is 2. The van der Waals surface area contributed by atoms with Crippen LogP contribution in [0.4, 0.5) is 5.13 Å². The molecule has 2 aromatic rings. The summed E-state index contributed by atoms with van der Waals surface area (Å²) in [6, 6.07) is -0.929. The Hall–Kier alpha value is -3.16. The molecule has 214 valence electrons. The van der Waals surface area contributed by atoms with E-state index in [0.717, 1.165) is 60.5 Å². The van der Waals surface area contributed by atoms with Crippen molar-refractivity contribution in [2.24, 2.45) is 10.6 Å². The molecule has 4 heterocycles. The number of nitrogens with zero attached hydrogens (tertiary/aromatic N) is 5. The largest absolute Gasteiger partial charge is 0.492 e. The predicted octanol–water partition coefficient (Wildman–Crippen LogP) is 0.907. The van der Waals surface area contributed by atoms with Gasteiger partial charge in [0.2, 0.25) is 23.3 Å². The number of carbonyl (C=O) groups excluding carboxylic acids is 2. The van der Waals surface area contributed by atoms with Gasteiger partial charge in [0, 0.05) is 29.6 Å². The Morgan fingerprint density at radius 1 is 1.23 bits per heavy atom. The summed E-state index contributed by atoms with van der Waals surface area (Å²) in [6.07, 6.45) is 3.49. The Morgan fingerprint density at radius 2 is 1.98 bits per heavy atom. The lowest BCUT2D eigenvalue weighted by Gasteiger charge is -2.53. The van der Waals surface area contributed by atoms with Crippen molar-refractivity contribution in [3.05, 3.63) is 11.4 Å². The van der Waals surface area contributed by atoms with Crippen molar-refractivity contribution >= 4 is 81.2 Å². The summed E-state index contributed by atoms with van der Waals surface area (Å²) in [6.45, 7) is -0.138. The summed E-state index contributed by atoms with van der Waals surface area (Å²) in [5.74, 6) is -4.32. The number of aromatic nitrogens is 3. The fraction of sp³-hybridized carbons (Fsp3) is 0.524. The van der Waals surface area contributed by atoms with E-state index in [2.05, 4.69) is 24.2 Å². The molecule has 15 nitrogen and oxygen atoms in total. The van der Waals surface area contributed by atoms with Crippen LogP contribution in [0.25, 0.3) is 0 Å². The highest BCUT2D eigenvalue weighted by molar-refractivity contribution is 8.01. The van der Waals surface area contributed by atoms with E-state index in [4.69, 9.17) is 10.6 Å². The number of β-lactam (4-membered cyclic amide) rings is 1. The van der Waals surface area contributed by atoms with Crippen LogP contribution in [0.1, 0.15) is 41.9 Å². The first-order valence-corrected chi connectivity index (χ1v) is 15.5. The number of amides is 2. The van der Waals surface area contributed by atoms with Gasteiger partial charge in [-0.2, -0.15) is 13.7 Å². The Bertz CT molecular complexity index is 1380. The molecule has 19 heteroatoms. The standard InChI is InChI=1S/C21H23N7O8S4/c22-20-24-12(26-40-20)10(25-36-8-3-1-2-4-8)14(30)23-11-15(31)28-5-21(19(34)35,6-37-16(11)28)7-38-18-9(17(32)33)13(29)27-39-18/h8,11,16H,1-7H2,(H,23,30)(H,27,29)(H,32,33)(H,34,35)(H2,22,24,26)/t11?,16-,21?/m1/s1. The van der Waals surface area contributed by atoms with Crippen molar-refractivity contribution in [3.63, 3.8) is 0 Å². The molecule has 3 aliphatic rings. The molecule has 0 bridgehead atoms. The number of carboxylic acids is 2. The smallest absolute Gasteiger partial charge is 0.343 e. The molecule has 0 spiro atoms. The quantitative estimate of drug-likeness (QED) is 0.106. The number of aromatic hydroxyl groups is 1. The molecule has 2 unspecified atom stereocenters. The first-order valence-electron chi connectivity index (χ1n) is 11.9. The fourth-order valence-electron chi connectivity index (χ4n) is 4.50. The van der Waals surface area contributed by atoms with E-state index in [1.807, 2.05) is 0 Å². The number of aliphatic carboxylic acids is 1. The molecule has 2 aromatic heterocycles. The number of hydrogen-bond donors (Lipinski definition) is 5. The van der Waals surface area contributed by atoms with Gasteiger partial charge in [-0.15, -0.1) is 23.5 Å². The van der Waals surface area contributed by atoms with Crippen molar-refractivity contribution in [3.8, 4) is 5.88 Å². The number of nitrogens with one attached hydrogen (secondary N) is 1. The highest BCUT2D eigenvalue weighted by atomic mass is 32.2. The summed E-state index contributed by atoms with van der Waals surface area (Å²) in [5, 5.41) is 35.4. The van der Waals surface area contributed by atoms with E-state index in [9.17, 15) is 34.5 Å². The van der Waals surface area contributed by atoms with E-state index >= 15 is 0 Å². The van der Waals surface area contributed by atoms with Crippen LogP contribution < -0.4 is 11.1 Å². The molecule has 5 rings (SSSR count). The lowest BCUT2D eigenvalue weighted by molar-refractivity contribution is -0.157. The molecule has 2 amide bonds. The normalized spacial score (nSPS) is 24.9. The van der Waals surface area contributed by atoms with Crippen LogP contribution in [0.5, 0.6) is 5.88 Å². The van der Waals surface area contributed by atoms with Gasteiger partial charge in [0.25, 0.3) is 5.91 Å². The van der Waals surface area contributed by atoms with Crippen molar-refractivity contribution in [1.82, 2.24) is 23.9 Å². The molecule has 2 saturated heterocycles. The third kappa shape index (κ3) is 5.41. The maximum Gasteiger partial charge on any atom is 0.343 e. The van der Waals surface area contributed by atoms with Gasteiger partial charge >= 0.3 is 11.9 Å². The second kappa shape index (κ2) is 11.4. The number of fused-ring (bicyclic) bond motifs is 1. The number of hydrogen-bond acceptors (Lipinski definition) is 15. The Kier molecular flexibility index (Phi) is 8.07. The van der Waals surface area contributed by atoms with Gasteiger partial charge in [0.1, 0.15) is 28.5 Å². The predicted molar refractivity (Wildman–Crippen MR) is 146 cm³/mol. The number of anilines is 1. The van der Waals surface area contributed by atoms with Gasteiger partial charge in [-0.1, -0.05) is 5.16 Å².